The third-order valence-corrected chi connectivity index (χ3v) is 9.77. The zero-order chi connectivity index (χ0) is 26.4. The molecular formula is C30H46O5. The number of Topliss-reactive ketones (excluding diaryl/α,β-unsaturated/α-hetero) is 1. The molecule has 0 amide bonds. The van der Waals surface area contributed by atoms with Crippen molar-refractivity contribution in [3.8, 4) is 0 Å². The Balaban J connectivity index is 1.87. The van der Waals surface area contributed by atoms with Crippen LogP contribution in [0.25, 0.3) is 0 Å². The number of fused-ring (bicyclic) bond motifs is 3. The van der Waals surface area contributed by atoms with Gasteiger partial charge in [0.15, 0.2) is 5.78 Å². The quantitative estimate of drug-likeness (QED) is 0.323. The first-order valence-corrected chi connectivity index (χ1v) is 13.1. The van der Waals surface area contributed by atoms with E-state index in [2.05, 4.69) is 13.8 Å². The molecule has 3 aliphatic rings. The predicted molar refractivity (Wildman–Crippen MR) is 140 cm³/mol. The second-order valence-electron chi connectivity index (χ2n) is 12.7. The molecule has 196 valence electrons. The number of hydrogen-bond donors (Lipinski definition) is 4. The van der Waals surface area contributed by atoms with Gasteiger partial charge in [0.05, 0.1) is 18.3 Å². The summed E-state index contributed by atoms with van der Waals surface area (Å²) in [4.78, 5) is 13.4. The van der Waals surface area contributed by atoms with Crippen LogP contribution >= 0.6 is 0 Å². The van der Waals surface area contributed by atoms with Gasteiger partial charge >= 0.3 is 0 Å². The summed E-state index contributed by atoms with van der Waals surface area (Å²) in [6.07, 6.45) is 11.7. The Hall–Kier alpha value is -1.53. The third-order valence-electron chi connectivity index (χ3n) is 9.77. The van der Waals surface area contributed by atoms with Crippen LogP contribution in [-0.2, 0) is 4.79 Å². The molecule has 0 aromatic carbocycles. The number of carbonyl (C=O) groups excluding carboxylic acids is 1. The van der Waals surface area contributed by atoms with Gasteiger partial charge in [0.25, 0.3) is 0 Å². The molecule has 3 saturated carbocycles. The van der Waals surface area contributed by atoms with Gasteiger partial charge in [-0.05, 0) is 76.2 Å². The fraction of sp³-hybridized carbons (Fsp3) is 0.700. The maximum atomic E-state index is 13.4. The van der Waals surface area contributed by atoms with Crippen LogP contribution < -0.4 is 0 Å². The largest absolute Gasteiger partial charge is 0.396 e. The summed E-state index contributed by atoms with van der Waals surface area (Å²) in [6, 6.07) is 0. The van der Waals surface area contributed by atoms with Crippen LogP contribution in [0, 0.1) is 28.1 Å². The number of aliphatic hydroxyl groups is 4. The van der Waals surface area contributed by atoms with Crippen LogP contribution in [0.15, 0.2) is 47.1 Å². The highest BCUT2D eigenvalue weighted by Crippen LogP contribution is 2.69. The van der Waals surface area contributed by atoms with E-state index in [1.807, 2.05) is 39.0 Å². The number of rotatable bonds is 6. The van der Waals surface area contributed by atoms with Crippen LogP contribution in [0.1, 0.15) is 80.6 Å². The summed E-state index contributed by atoms with van der Waals surface area (Å²) in [6.45, 7) is 13.6. The van der Waals surface area contributed by atoms with Crippen molar-refractivity contribution in [2.24, 2.45) is 28.1 Å². The van der Waals surface area contributed by atoms with Crippen molar-refractivity contribution >= 4 is 5.78 Å². The molecule has 7 atom stereocenters. The second kappa shape index (κ2) is 9.74. The Labute approximate surface area is 211 Å². The van der Waals surface area contributed by atoms with E-state index < -0.39 is 23.2 Å². The zero-order valence-corrected chi connectivity index (χ0v) is 22.6. The van der Waals surface area contributed by atoms with Gasteiger partial charge in [-0.1, -0.05) is 56.7 Å². The lowest BCUT2D eigenvalue weighted by Gasteiger charge is -2.62. The highest BCUT2D eigenvalue weighted by molar-refractivity contribution is 6.00. The lowest BCUT2D eigenvalue weighted by molar-refractivity contribution is -0.178. The van der Waals surface area contributed by atoms with E-state index in [0.29, 0.717) is 12.8 Å². The highest BCUT2D eigenvalue weighted by atomic mass is 16.3. The molecule has 0 aromatic rings. The zero-order valence-electron chi connectivity index (χ0n) is 22.6. The number of hydrogen-bond acceptors (Lipinski definition) is 5. The minimum absolute atomic E-state index is 0.0246. The molecule has 0 aromatic heterocycles. The molecule has 5 heteroatoms. The van der Waals surface area contributed by atoms with E-state index in [-0.39, 0.29) is 35.1 Å². The second-order valence-corrected chi connectivity index (χ2v) is 12.7. The van der Waals surface area contributed by atoms with Crippen molar-refractivity contribution in [2.45, 2.75) is 98.4 Å². The van der Waals surface area contributed by atoms with E-state index in [1.54, 1.807) is 26.0 Å². The molecule has 5 nitrogen and oxygen atoms in total. The van der Waals surface area contributed by atoms with Gasteiger partial charge < -0.3 is 20.4 Å². The smallest absolute Gasteiger partial charge is 0.160 e. The Kier molecular flexibility index (Phi) is 7.80. The van der Waals surface area contributed by atoms with Gasteiger partial charge in [-0.25, -0.2) is 0 Å². The van der Waals surface area contributed by atoms with Crippen molar-refractivity contribution in [2.75, 3.05) is 6.61 Å². The third kappa shape index (κ3) is 4.90. The standard InChI is InChI=1S/C30H46O5/c1-19(11-12-24(33)27(3,4)35)9-8-10-20(2)26-21(32)17-23-28(5)16-14-25(34)30(7,18-31)22(28)13-15-29(23,26)6/h8-12,22-25,31,33-35H,13-18H2,1-7H3/b10-8+,12-11+,19-9+,26-20-/t22-,23+,24+,25+,28+,29+,30-/m1/s1. The van der Waals surface area contributed by atoms with Crippen molar-refractivity contribution in [3.63, 3.8) is 0 Å². The summed E-state index contributed by atoms with van der Waals surface area (Å²) >= 11 is 0. The van der Waals surface area contributed by atoms with Crippen LogP contribution in [0.3, 0.4) is 0 Å². The van der Waals surface area contributed by atoms with Crippen molar-refractivity contribution in [3.05, 3.63) is 47.1 Å². The number of ketones is 1. The predicted octanol–water partition coefficient (Wildman–Crippen LogP) is 4.66. The van der Waals surface area contributed by atoms with Crippen LogP contribution in [0.2, 0.25) is 0 Å². The molecule has 0 spiro atoms. The van der Waals surface area contributed by atoms with Gasteiger partial charge in [-0.3, -0.25) is 4.79 Å². The fourth-order valence-corrected chi connectivity index (χ4v) is 7.57. The van der Waals surface area contributed by atoms with E-state index in [0.717, 1.165) is 36.0 Å². The lowest BCUT2D eigenvalue weighted by atomic mass is 9.43. The van der Waals surface area contributed by atoms with Gasteiger partial charge in [0, 0.05) is 22.8 Å². The molecule has 3 aliphatic carbocycles. The summed E-state index contributed by atoms with van der Waals surface area (Å²) in [5.74, 6) is 0.634. The summed E-state index contributed by atoms with van der Waals surface area (Å²) in [7, 11) is 0. The maximum Gasteiger partial charge on any atom is 0.160 e. The van der Waals surface area contributed by atoms with Crippen LogP contribution in [0.4, 0.5) is 0 Å². The first-order chi connectivity index (χ1) is 16.1. The van der Waals surface area contributed by atoms with E-state index >= 15 is 0 Å². The summed E-state index contributed by atoms with van der Waals surface area (Å²) in [5, 5.41) is 40.8. The summed E-state index contributed by atoms with van der Waals surface area (Å²) < 4.78 is 0. The number of carbonyl (C=O) groups is 1. The first-order valence-electron chi connectivity index (χ1n) is 13.1. The van der Waals surface area contributed by atoms with Crippen molar-refractivity contribution in [1.29, 1.82) is 0 Å². The molecule has 3 rings (SSSR count). The molecule has 0 unspecified atom stereocenters. The normalized spacial score (nSPS) is 40.8. The van der Waals surface area contributed by atoms with Gasteiger partial charge in [-0.15, -0.1) is 0 Å². The van der Waals surface area contributed by atoms with Gasteiger partial charge in [0.2, 0.25) is 0 Å². The fourth-order valence-electron chi connectivity index (χ4n) is 7.57. The van der Waals surface area contributed by atoms with Gasteiger partial charge in [-0.2, -0.15) is 0 Å². The monoisotopic (exact) mass is 486 g/mol. The SMILES string of the molecule is CC(/C=C/[C@H](O)C(C)(C)O)=C\C=C\C(C)=C1\C(=O)C[C@H]2[C@@]3(C)CC[C@H](O)[C@](C)(CO)[C@@H]3CC[C@]12C. The molecule has 0 bridgehead atoms. The van der Waals surface area contributed by atoms with Crippen LogP contribution in [-0.4, -0.2) is 50.6 Å². The molecule has 3 fully saturated rings. The average molecular weight is 487 g/mol. The van der Waals surface area contributed by atoms with Crippen LogP contribution in [0.5, 0.6) is 0 Å². The van der Waals surface area contributed by atoms with Crippen molar-refractivity contribution in [1.82, 2.24) is 0 Å². The minimum Gasteiger partial charge on any atom is -0.396 e. The molecule has 4 N–H and O–H groups in total. The molecule has 35 heavy (non-hydrogen) atoms. The summed E-state index contributed by atoms with van der Waals surface area (Å²) in [5.41, 5.74) is 0.859. The van der Waals surface area contributed by atoms with E-state index in [4.69, 9.17) is 0 Å². The Morgan fingerprint density at radius 2 is 1.77 bits per heavy atom. The molecule has 0 aliphatic heterocycles. The van der Waals surface area contributed by atoms with Crippen molar-refractivity contribution < 1.29 is 25.2 Å². The lowest BCUT2D eigenvalue weighted by Crippen LogP contribution is -2.59. The Morgan fingerprint density at radius 1 is 1.11 bits per heavy atom. The number of aliphatic hydroxyl groups excluding tert-OH is 3. The Morgan fingerprint density at radius 3 is 2.37 bits per heavy atom. The first kappa shape index (κ1) is 28.0. The highest BCUT2D eigenvalue weighted by Gasteiger charge is 2.65. The maximum absolute atomic E-state index is 13.4. The average Bonchev–Trinajstić information content (AvgIpc) is 3.05. The molecule has 0 radical (unpaired) electrons. The molecular weight excluding hydrogens is 440 g/mol. The minimum atomic E-state index is -1.19. The molecule has 0 saturated heterocycles. The van der Waals surface area contributed by atoms with E-state index in [9.17, 15) is 25.2 Å². The molecule has 0 heterocycles. The van der Waals surface area contributed by atoms with E-state index in [1.165, 1.54) is 0 Å². The Bertz CT molecular complexity index is 950. The topological polar surface area (TPSA) is 98.0 Å². The van der Waals surface area contributed by atoms with Gasteiger partial charge in [0.1, 0.15) is 6.10 Å². The number of allylic oxidation sites excluding steroid dienone is 7.